The van der Waals surface area contributed by atoms with Crippen molar-refractivity contribution in [1.29, 1.82) is 0 Å². The third-order valence-corrected chi connectivity index (χ3v) is 4.76. The lowest BCUT2D eigenvalue weighted by Crippen LogP contribution is -2.20. The predicted molar refractivity (Wildman–Crippen MR) is 66.1 cm³/mol. The molecule has 0 aromatic carbocycles. The van der Waals surface area contributed by atoms with Crippen LogP contribution in [0.2, 0.25) is 0 Å². The molecule has 2 aliphatic heterocycles. The van der Waals surface area contributed by atoms with Crippen molar-refractivity contribution in [3.8, 4) is 0 Å². The number of β-amino-alcohol motifs (C(OH)–C–C–N with tert-alkyl or cyclic N) is 1. The molecule has 2 N–H and O–H groups in total. The molecule has 6 heteroatoms. The fraction of sp³-hybridized carbons (Fsp3) is 0.818. The van der Waals surface area contributed by atoms with Crippen molar-refractivity contribution in [3.05, 3.63) is 5.82 Å². The molecule has 2 unspecified atom stereocenters. The molecular weight excluding hydrogens is 236 g/mol. The van der Waals surface area contributed by atoms with Gasteiger partial charge in [0.25, 0.3) is 0 Å². The van der Waals surface area contributed by atoms with Gasteiger partial charge in [-0.3, -0.25) is 0 Å². The quantitative estimate of drug-likeness (QED) is 0.801. The molecule has 0 amide bonds. The number of thioether (sulfide) groups is 1. The summed E-state index contributed by atoms with van der Waals surface area (Å²) in [6.07, 6.45) is 4.49. The number of rotatable bonds is 2. The van der Waals surface area contributed by atoms with E-state index < -0.39 is 0 Å². The maximum Gasteiger partial charge on any atom is 0.191 e. The van der Waals surface area contributed by atoms with Crippen LogP contribution < -0.4 is 5.32 Å². The first kappa shape index (κ1) is 11.5. The molecule has 1 fully saturated rings. The van der Waals surface area contributed by atoms with Crippen LogP contribution in [0, 0.1) is 0 Å². The van der Waals surface area contributed by atoms with E-state index in [1.165, 1.54) is 19.3 Å². The number of aryl methyl sites for hydroxylation is 1. The number of aliphatic hydroxyl groups excluding tert-OH is 1. The summed E-state index contributed by atoms with van der Waals surface area (Å²) in [4.78, 5) is 0. The van der Waals surface area contributed by atoms with Gasteiger partial charge in [0, 0.05) is 26.1 Å². The summed E-state index contributed by atoms with van der Waals surface area (Å²) in [6, 6.07) is 0. The number of nitrogens with zero attached hydrogens (tertiary/aromatic N) is 3. The van der Waals surface area contributed by atoms with Gasteiger partial charge in [-0.25, -0.2) is 0 Å². The minimum Gasteiger partial charge on any atom is -0.391 e. The Morgan fingerprint density at radius 1 is 1.24 bits per heavy atom. The van der Waals surface area contributed by atoms with Gasteiger partial charge >= 0.3 is 0 Å². The maximum atomic E-state index is 9.81. The Morgan fingerprint density at radius 2 is 2.18 bits per heavy atom. The van der Waals surface area contributed by atoms with Crippen LogP contribution in [0.1, 0.15) is 25.1 Å². The van der Waals surface area contributed by atoms with Gasteiger partial charge in [0.05, 0.1) is 11.4 Å². The van der Waals surface area contributed by atoms with Crippen LogP contribution in [0.4, 0.5) is 0 Å². The van der Waals surface area contributed by atoms with Crippen molar-refractivity contribution in [2.75, 3.05) is 13.1 Å². The Bertz CT molecular complexity index is 395. The SMILES string of the molecule is OC1CNCC1Sc1nnc2n1CCCCC2. The Balaban J connectivity index is 1.76. The third kappa shape index (κ3) is 2.34. The third-order valence-electron chi connectivity index (χ3n) is 3.46. The van der Waals surface area contributed by atoms with Crippen molar-refractivity contribution < 1.29 is 5.11 Å². The van der Waals surface area contributed by atoms with Crippen LogP contribution in [-0.2, 0) is 13.0 Å². The van der Waals surface area contributed by atoms with Crippen LogP contribution in [0.15, 0.2) is 5.16 Å². The molecule has 17 heavy (non-hydrogen) atoms. The first-order valence-electron chi connectivity index (χ1n) is 6.32. The fourth-order valence-electron chi connectivity index (χ4n) is 2.44. The van der Waals surface area contributed by atoms with Crippen molar-refractivity contribution >= 4 is 11.8 Å². The number of fused-ring (bicyclic) bond motifs is 1. The van der Waals surface area contributed by atoms with Crippen LogP contribution in [0.5, 0.6) is 0 Å². The highest BCUT2D eigenvalue weighted by molar-refractivity contribution is 7.99. The van der Waals surface area contributed by atoms with E-state index in [9.17, 15) is 5.11 Å². The van der Waals surface area contributed by atoms with Crippen molar-refractivity contribution in [2.45, 2.75) is 48.7 Å². The van der Waals surface area contributed by atoms with Gasteiger partial charge in [0.1, 0.15) is 5.82 Å². The molecule has 0 bridgehead atoms. The van der Waals surface area contributed by atoms with Crippen molar-refractivity contribution in [2.24, 2.45) is 0 Å². The Kier molecular flexibility index (Phi) is 3.35. The van der Waals surface area contributed by atoms with E-state index in [1.807, 2.05) is 0 Å². The number of hydrogen-bond donors (Lipinski definition) is 2. The van der Waals surface area contributed by atoms with Crippen LogP contribution in [0.25, 0.3) is 0 Å². The zero-order valence-corrected chi connectivity index (χ0v) is 10.6. The van der Waals surface area contributed by atoms with Gasteiger partial charge in [-0.05, 0) is 12.8 Å². The van der Waals surface area contributed by atoms with Crippen LogP contribution in [-0.4, -0.2) is 44.3 Å². The van der Waals surface area contributed by atoms with Crippen LogP contribution in [0.3, 0.4) is 0 Å². The number of nitrogens with one attached hydrogen (secondary N) is 1. The molecular formula is C11H18N4OS. The highest BCUT2D eigenvalue weighted by Crippen LogP contribution is 2.28. The summed E-state index contributed by atoms with van der Waals surface area (Å²) < 4.78 is 2.24. The van der Waals surface area contributed by atoms with Crippen molar-refractivity contribution in [1.82, 2.24) is 20.1 Å². The fourth-order valence-corrected chi connectivity index (χ4v) is 3.58. The molecule has 5 nitrogen and oxygen atoms in total. The van der Waals surface area contributed by atoms with E-state index in [1.54, 1.807) is 11.8 Å². The lowest BCUT2D eigenvalue weighted by atomic mass is 10.2. The second kappa shape index (κ2) is 4.96. The van der Waals surface area contributed by atoms with E-state index in [0.29, 0.717) is 6.54 Å². The lowest BCUT2D eigenvalue weighted by Gasteiger charge is -2.13. The normalized spacial score (nSPS) is 29.0. The van der Waals surface area contributed by atoms with Gasteiger partial charge in [0.2, 0.25) is 0 Å². The van der Waals surface area contributed by atoms with E-state index in [4.69, 9.17) is 0 Å². The average molecular weight is 254 g/mol. The van der Waals surface area contributed by atoms with Gasteiger partial charge in [-0.2, -0.15) is 0 Å². The summed E-state index contributed by atoms with van der Waals surface area (Å²) in [5.41, 5.74) is 0. The minimum atomic E-state index is -0.265. The second-order valence-electron chi connectivity index (χ2n) is 4.74. The molecule has 0 aliphatic carbocycles. The Labute approximate surface area is 105 Å². The number of aliphatic hydroxyl groups is 1. The molecule has 1 aromatic heterocycles. The minimum absolute atomic E-state index is 0.214. The highest BCUT2D eigenvalue weighted by atomic mass is 32.2. The standard InChI is InChI=1S/C11H18N4OS/c16-8-6-12-7-9(8)17-11-14-13-10-4-2-1-3-5-15(10)11/h8-9,12,16H,1-7H2. The summed E-state index contributed by atoms with van der Waals surface area (Å²) in [7, 11) is 0. The number of hydrogen-bond acceptors (Lipinski definition) is 5. The summed E-state index contributed by atoms with van der Waals surface area (Å²) in [5, 5.41) is 22.7. The molecule has 0 radical (unpaired) electrons. The topological polar surface area (TPSA) is 63.0 Å². The first-order chi connectivity index (χ1) is 8.34. The Hall–Kier alpha value is -0.590. The van der Waals surface area contributed by atoms with Crippen molar-refractivity contribution in [3.63, 3.8) is 0 Å². The van der Waals surface area contributed by atoms with E-state index in [-0.39, 0.29) is 11.4 Å². The molecule has 2 atom stereocenters. The molecule has 1 aromatic rings. The maximum absolute atomic E-state index is 9.81. The summed E-state index contributed by atoms with van der Waals surface area (Å²) in [5.74, 6) is 1.12. The predicted octanol–water partition coefficient (Wildman–Crippen LogP) is 0.429. The monoisotopic (exact) mass is 254 g/mol. The summed E-state index contributed by atoms with van der Waals surface area (Å²) >= 11 is 1.67. The van der Waals surface area contributed by atoms with E-state index in [0.717, 1.165) is 30.5 Å². The highest BCUT2D eigenvalue weighted by Gasteiger charge is 2.28. The smallest absolute Gasteiger partial charge is 0.191 e. The molecule has 3 rings (SSSR count). The van der Waals surface area contributed by atoms with E-state index >= 15 is 0 Å². The number of aromatic nitrogens is 3. The largest absolute Gasteiger partial charge is 0.391 e. The van der Waals surface area contributed by atoms with Gasteiger partial charge < -0.3 is 15.0 Å². The molecule has 3 heterocycles. The molecule has 94 valence electrons. The van der Waals surface area contributed by atoms with Gasteiger partial charge in [0.15, 0.2) is 5.16 Å². The zero-order chi connectivity index (χ0) is 11.7. The second-order valence-corrected chi connectivity index (χ2v) is 5.95. The average Bonchev–Trinajstić information content (AvgIpc) is 2.81. The van der Waals surface area contributed by atoms with E-state index in [2.05, 4.69) is 20.1 Å². The van der Waals surface area contributed by atoms with Crippen LogP contribution >= 0.6 is 11.8 Å². The molecule has 2 aliphatic rings. The zero-order valence-electron chi connectivity index (χ0n) is 9.80. The first-order valence-corrected chi connectivity index (χ1v) is 7.20. The Morgan fingerprint density at radius 3 is 3.00 bits per heavy atom. The van der Waals surface area contributed by atoms with Gasteiger partial charge in [-0.1, -0.05) is 18.2 Å². The molecule has 0 saturated carbocycles. The lowest BCUT2D eigenvalue weighted by molar-refractivity contribution is 0.201. The summed E-state index contributed by atoms with van der Waals surface area (Å²) in [6.45, 7) is 2.58. The molecule has 1 saturated heterocycles. The van der Waals surface area contributed by atoms with Gasteiger partial charge in [-0.15, -0.1) is 10.2 Å². The molecule has 0 spiro atoms.